The van der Waals surface area contributed by atoms with Crippen molar-refractivity contribution in [3.63, 3.8) is 0 Å². The number of β-amino-alcohol motifs (C(OH)–C–C–N with tert-alkyl or cyclic N) is 1. The van der Waals surface area contributed by atoms with E-state index in [1.807, 2.05) is 13.8 Å². The summed E-state index contributed by atoms with van der Waals surface area (Å²) in [7, 11) is 0. The third-order valence-electron chi connectivity index (χ3n) is 3.62. The molecule has 0 radical (unpaired) electrons. The topological polar surface area (TPSA) is 57.6 Å². The van der Waals surface area contributed by atoms with Gasteiger partial charge in [0.1, 0.15) is 0 Å². The predicted molar refractivity (Wildman–Crippen MR) is 71.8 cm³/mol. The minimum absolute atomic E-state index is 0.0225. The first-order valence-electron chi connectivity index (χ1n) is 6.15. The van der Waals surface area contributed by atoms with Gasteiger partial charge >= 0.3 is 0 Å². The van der Waals surface area contributed by atoms with Gasteiger partial charge in [0.15, 0.2) is 0 Å². The van der Waals surface area contributed by atoms with E-state index < -0.39 is 11.5 Å². The van der Waals surface area contributed by atoms with Crippen LogP contribution in [-0.4, -0.2) is 34.5 Å². The molecule has 0 fully saturated rings. The van der Waals surface area contributed by atoms with Crippen LogP contribution in [0.3, 0.4) is 0 Å². The summed E-state index contributed by atoms with van der Waals surface area (Å²) in [6.45, 7) is 7.25. The molecule has 4 nitrogen and oxygen atoms in total. The molecule has 0 spiro atoms. The van der Waals surface area contributed by atoms with Crippen LogP contribution >= 0.6 is 0 Å². The first-order valence-corrected chi connectivity index (χ1v) is 6.15. The highest BCUT2D eigenvalue weighted by atomic mass is 16.3. The van der Waals surface area contributed by atoms with Crippen LogP contribution in [0.2, 0.25) is 0 Å². The second-order valence-corrected chi connectivity index (χ2v) is 5.31. The maximum atomic E-state index is 12.1. The van der Waals surface area contributed by atoms with Gasteiger partial charge in [0.25, 0.3) is 11.8 Å². The zero-order chi connectivity index (χ0) is 14.2. The summed E-state index contributed by atoms with van der Waals surface area (Å²) in [6, 6.07) is 6.69. The summed E-state index contributed by atoms with van der Waals surface area (Å²) in [5.41, 5.74) is 0.238. The fourth-order valence-electron chi connectivity index (χ4n) is 1.95. The molecule has 1 aromatic rings. The zero-order valence-corrected chi connectivity index (χ0v) is 11.1. The fourth-order valence-corrected chi connectivity index (χ4v) is 1.95. The molecule has 0 aliphatic carbocycles. The summed E-state index contributed by atoms with van der Waals surface area (Å²) in [6.07, 6.45) is 0.780. The van der Waals surface area contributed by atoms with E-state index in [0.717, 1.165) is 4.90 Å². The summed E-state index contributed by atoms with van der Waals surface area (Å²) in [5, 5.41) is 10.1. The molecule has 2 amide bonds. The second-order valence-electron chi connectivity index (χ2n) is 5.31. The number of aliphatic hydroxyl groups is 1. The Labute approximate surface area is 112 Å². The van der Waals surface area contributed by atoms with Crippen LogP contribution in [0.25, 0.3) is 0 Å². The number of hydrogen-bond donors (Lipinski definition) is 1. The molecule has 1 aromatic carbocycles. The molecule has 0 saturated carbocycles. The maximum absolute atomic E-state index is 12.1. The van der Waals surface area contributed by atoms with Gasteiger partial charge in [-0.05, 0) is 12.1 Å². The van der Waals surface area contributed by atoms with Gasteiger partial charge in [0.05, 0.1) is 23.8 Å². The molecular weight excluding hydrogens is 242 g/mol. The molecule has 100 valence electrons. The summed E-state index contributed by atoms with van der Waals surface area (Å²) in [4.78, 5) is 25.3. The van der Waals surface area contributed by atoms with E-state index in [9.17, 15) is 14.7 Å². The number of carbonyl (C=O) groups is 2. The van der Waals surface area contributed by atoms with Gasteiger partial charge in [-0.1, -0.05) is 32.1 Å². The summed E-state index contributed by atoms with van der Waals surface area (Å²) >= 11 is 0. The molecular formula is C15H17NO3. The summed E-state index contributed by atoms with van der Waals surface area (Å²) in [5.74, 6) is -0.695. The zero-order valence-electron chi connectivity index (χ0n) is 11.1. The van der Waals surface area contributed by atoms with Crippen LogP contribution in [0.1, 0.15) is 34.6 Å². The maximum Gasteiger partial charge on any atom is 0.261 e. The largest absolute Gasteiger partial charge is 0.390 e. The van der Waals surface area contributed by atoms with Crippen LogP contribution in [0.4, 0.5) is 0 Å². The molecule has 0 bridgehead atoms. The molecule has 1 aliphatic heterocycles. The Morgan fingerprint density at radius 1 is 1.26 bits per heavy atom. The van der Waals surface area contributed by atoms with Crippen molar-refractivity contribution < 1.29 is 14.7 Å². The lowest BCUT2D eigenvalue weighted by atomic mass is 9.86. The van der Waals surface area contributed by atoms with Crippen LogP contribution in [0.5, 0.6) is 0 Å². The first kappa shape index (κ1) is 13.5. The lowest BCUT2D eigenvalue weighted by Crippen LogP contribution is -2.42. The number of rotatable bonds is 4. The van der Waals surface area contributed by atoms with Crippen molar-refractivity contribution in [2.24, 2.45) is 5.41 Å². The molecule has 0 aromatic heterocycles. The number of amides is 2. The number of benzene rings is 1. The lowest BCUT2D eigenvalue weighted by Gasteiger charge is -2.29. The van der Waals surface area contributed by atoms with Gasteiger partial charge in [0, 0.05) is 5.41 Å². The number of hydrogen-bond acceptors (Lipinski definition) is 3. The van der Waals surface area contributed by atoms with Crippen molar-refractivity contribution in [2.45, 2.75) is 20.0 Å². The monoisotopic (exact) mass is 259 g/mol. The standard InChI is InChI=1S/C15H17NO3/c1-4-15(2,3)12(17)9-16-13(18)10-7-5-6-8-11(10)14(16)19/h4-8,12,17H,1,9H2,2-3H3. The molecule has 0 saturated heterocycles. The number of imide groups is 1. The smallest absolute Gasteiger partial charge is 0.261 e. The van der Waals surface area contributed by atoms with Crippen LogP contribution < -0.4 is 0 Å². The van der Waals surface area contributed by atoms with E-state index in [1.54, 1.807) is 30.3 Å². The van der Waals surface area contributed by atoms with Gasteiger partial charge in [-0.25, -0.2) is 0 Å². The van der Waals surface area contributed by atoms with Crippen molar-refractivity contribution >= 4 is 11.8 Å². The van der Waals surface area contributed by atoms with Gasteiger partial charge in [-0.15, -0.1) is 6.58 Å². The normalized spacial score (nSPS) is 16.5. The van der Waals surface area contributed by atoms with Crippen LogP contribution in [0, 0.1) is 5.41 Å². The Bertz CT molecular complexity index is 513. The van der Waals surface area contributed by atoms with E-state index in [-0.39, 0.29) is 18.4 Å². The molecule has 19 heavy (non-hydrogen) atoms. The second kappa shape index (κ2) is 4.63. The third-order valence-corrected chi connectivity index (χ3v) is 3.62. The lowest BCUT2D eigenvalue weighted by molar-refractivity contribution is 0.0345. The average molecular weight is 259 g/mol. The Morgan fingerprint density at radius 2 is 1.74 bits per heavy atom. The Hall–Kier alpha value is -1.94. The molecule has 1 atom stereocenters. The van der Waals surface area contributed by atoms with Gasteiger partial charge in [-0.3, -0.25) is 14.5 Å². The Kier molecular flexibility index (Phi) is 3.28. The van der Waals surface area contributed by atoms with Crippen LogP contribution in [-0.2, 0) is 0 Å². The fraction of sp³-hybridized carbons (Fsp3) is 0.333. The van der Waals surface area contributed by atoms with Crippen LogP contribution in [0.15, 0.2) is 36.9 Å². The van der Waals surface area contributed by atoms with Gasteiger partial charge in [0.2, 0.25) is 0 Å². The van der Waals surface area contributed by atoms with Gasteiger partial charge < -0.3 is 5.11 Å². The number of carbonyl (C=O) groups excluding carboxylic acids is 2. The predicted octanol–water partition coefficient (Wildman–Crippen LogP) is 1.86. The molecule has 4 heteroatoms. The number of nitrogens with zero attached hydrogens (tertiary/aromatic N) is 1. The highest BCUT2D eigenvalue weighted by Crippen LogP contribution is 2.27. The van der Waals surface area contributed by atoms with E-state index in [4.69, 9.17) is 0 Å². The van der Waals surface area contributed by atoms with Crippen molar-refractivity contribution in [1.82, 2.24) is 4.90 Å². The quantitative estimate of drug-likeness (QED) is 0.663. The highest BCUT2D eigenvalue weighted by Gasteiger charge is 2.38. The highest BCUT2D eigenvalue weighted by molar-refractivity contribution is 6.21. The van der Waals surface area contributed by atoms with E-state index >= 15 is 0 Å². The van der Waals surface area contributed by atoms with Crippen molar-refractivity contribution in [1.29, 1.82) is 0 Å². The molecule has 1 unspecified atom stereocenters. The summed E-state index contributed by atoms with van der Waals surface area (Å²) < 4.78 is 0. The minimum Gasteiger partial charge on any atom is -0.390 e. The van der Waals surface area contributed by atoms with E-state index in [2.05, 4.69) is 6.58 Å². The van der Waals surface area contributed by atoms with E-state index in [0.29, 0.717) is 11.1 Å². The first-order chi connectivity index (χ1) is 8.88. The average Bonchev–Trinajstić information content (AvgIpc) is 2.64. The van der Waals surface area contributed by atoms with Crippen molar-refractivity contribution in [2.75, 3.05) is 6.54 Å². The molecule has 2 rings (SSSR count). The molecule has 1 N–H and O–H groups in total. The van der Waals surface area contributed by atoms with Crippen molar-refractivity contribution in [3.05, 3.63) is 48.0 Å². The Balaban J connectivity index is 2.24. The molecule has 1 aliphatic rings. The molecule has 1 heterocycles. The minimum atomic E-state index is -0.841. The Morgan fingerprint density at radius 3 is 2.16 bits per heavy atom. The van der Waals surface area contributed by atoms with Gasteiger partial charge in [-0.2, -0.15) is 0 Å². The third kappa shape index (κ3) is 2.19. The number of aliphatic hydroxyl groups excluding tert-OH is 1. The SMILES string of the molecule is C=CC(C)(C)C(O)CN1C(=O)c2ccccc2C1=O. The number of fused-ring (bicyclic) bond motifs is 1. The van der Waals surface area contributed by atoms with E-state index in [1.165, 1.54) is 0 Å². The van der Waals surface area contributed by atoms with Crippen molar-refractivity contribution in [3.8, 4) is 0 Å².